The van der Waals surface area contributed by atoms with Crippen LogP contribution in [0.5, 0.6) is 0 Å². The molecule has 1 aliphatic carbocycles. The molecule has 1 aliphatic rings. The van der Waals surface area contributed by atoms with Gasteiger partial charge in [0.1, 0.15) is 5.82 Å². The molecule has 2 rings (SSSR count). The summed E-state index contributed by atoms with van der Waals surface area (Å²) in [6.45, 7) is 2.17. The normalized spacial score (nSPS) is 31.5. The van der Waals surface area contributed by atoms with E-state index in [4.69, 9.17) is 11.6 Å². The van der Waals surface area contributed by atoms with Gasteiger partial charge in [-0.15, -0.1) is 11.6 Å². The van der Waals surface area contributed by atoms with Gasteiger partial charge >= 0.3 is 0 Å². The Morgan fingerprint density at radius 1 is 1.47 bits per heavy atom. The van der Waals surface area contributed by atoms with Gasteiger partial charge in [0.05, 0.1) is 6.20 Å². The highest BCUT2D eigenvalue weighted by Gasteiger charge is 2.29. The zero-order valence-corrected chi connectivity index (χ0v) is 9.54. The van der Waals surface area contributed by atoms with E-state index in [0.717, 1.165) is 24.8 Å². The number of hydrogen-bond acceptors (Lipinski definition) is 1. The first kappa shape index (κ1) is 10.9. The lowest BCUT2D eigenvalue weighted by molar-refractivity contribution is 0.327. The molecule has 15 heavy (non-hydrogen) atoms. The van der Waals surface area contributed by atoms with Crippen LogP contribution in [-0.2, 0) is 0 Å². The number of rotatable bonds is 1. The second kappa shape index (κ2) is 4.48. The molecule has 0 aromatic carbocycles. The van der Waals surface area contributed by atoms with Crippen molar-refractivity contribution in [1.82, 2.24) is 4.98 Å². The minimum Gasteiger partial charge on any atom is -0.262 e. The van der Waals surface area contributed by atoms with Gasteiger partial charge in [-0.25, -0.2) is 4.39 Å². The lowest BCUT2D eigenvalue weighted by Crippen LogP contribution is -2.22. The van der Waals surface area contributed by atoms with Gasteiger partial charge < -0.3 is 0 Å². The Labute approximate surface area is 94.7 Å². The first-order chi connectivity index (χ1) is 7.18. The van der Waals surface area contributed by atoms with Crippen molar-refractivity contribution in [3.05, 3.63) is 29.8 Å². The van der Waals surface area contributed by atoms with Crippen molar-refractivity contribution in [1.29, 1.82) is 0 Å². The number of aromatic nitrogens is 1. The molecule has 0 saturated heterocycles. The first-order valence-corrected chi connectivity index (χ1v) is 5.85. The van der Waals surface area contributed by atoms with E-state index in [1.807, 2.05) is 0 Å². The lowest BCUT2D eigenvalue weighted by Gasteiger charge is -2.32. The molecule has 0 N–H and O–H groups in total. The summed E-state index contributed by atoms with van der Waals surface area (Å²) in [6, 6.07) is 1.78. The van der Waals surface area contributed by atoms with Gasteiger partial charge in [0.15, 0.2) is 0 Å². The van der Waals surface area contributed by atoms with E-state index < -0.39 is 0 Å². The van der Waals surface area contributed by atoms with Gasteiger partial charge in [0.2, 0.25) is 0 Å². The van der Waals surface area contributed by atoms with Gasteiger partial charge in [-0.05, 0) is 42.7 Å². The van der Waals surface area contributed by atoms with E-state index in [0.29, 0.717) is 5.92 Å². The van der Waals surface area contributed by atoms with Crippen LogP contribution in [0, 0.1) is 11.7 Å². The highest BCUT2D eigenvalue weighted by molar-refractivity contribution is 6.20. The van der Waals surface area contributed by atoms with Gasteiger partial charge in [-0.2, -0.15) is 0 Å². The zero-order chi connectivity index (χ0) is 10.8. The summed E-state index contributed by atoms with van der Waals surface area (Å²) in [4.78, 5) is 3.78. The fourth-order valence-electron chi connectivity index (χ4n) is 2.39. The third-order valence-electron chi connectivity index (χ3n) is 3.34. The van der Waals surface area contributed by atoms with Crippen molar-refractivity contribution in [2.75, 3.05) is 0 Å². The fraction of sp³-hybridized carbons (Fsp3) is 0.583. The monoisotopic (exact) mass is 227 g/mol. The summed E-state index contributed by atoms with van der Waals surface area (Å²) in [5, 5.41) is 0.193. The van der Waals surface area contributed by atoms with Crippen LogP contribution in [0.4, 0.5) is 4.39 Å². The molecule has 1 aromatic heterocycles. The lowest BCUT2D eigenvalue weighted by atomic mass is 9.76. The molecule has 1 saturated carbocycles. The molecule has 1 heterocycles. The van der Waals surface area contributed by atoms with Crippen LogP contribution in [0.1, 0.15) is 37.7 Å². The second-order valence-electron chi connectivity index (χ2n) is 4.39. The molecule has 0 spiro atoms. The summed E-state index contributed by atoms with van der Waals surface area (Å²) >= 11 is 6.14. The molecule has 82 valence electrons. The molecule has 1 fully saturated rings. The maximum Gasteiger partial charge on any atom is 0.144 e. The molecule has 3 heteroatoms. The maximum atomic E-state index is 13.6. The predicted molar refractivity (Wildman–Crippen MR) is 59.6 cm³/mol. The summed E-state index contributed by atoms with van der Waals surface area (Å²) in [5.74, 6) is 0.571. The highest BCUT2D eigenvalue weighted by atomic mass is 35.5. The van der Waals surface area contributed by atoms with Crippen molar-refractivity contribution in [2.24, 2.45) is 5.92 Å². The highest BCUT2D eigenvalue weighted by Crippen LogP contribution is 2.40. The number of alkyl halides is 1. The molecular formula is C12H15ClFN. The number of halogens is 2. The molecule has 1 nitrogen and oxygen atoms in total. The average molecular weight is 228 g/mol. The Morgan fingerprint density at radius 2 is 2.27 bits per heavy atom. The largest absolute Gasteiger partial charge is 0.262 e. The molecular weight excluding hydrogens is 213 g/mol. The molecule has 0 radical (unpaired) electrons. The Bertz CT molecular complexity index is 342. The topological polar surface area (TPSA) is 12.9 Å². The number of nitrogens with zero attached hydrogens (tertiary/aromatic N) is 1. The van der Waals surface area contributed by atoms with Crippen molar-refractivity contribution in [3.63, 3.8) is 0 Å². The Balaban J connectivity index is 2.25. The van der Waals surface area contributed by atoms with E-state index in [1.54, 1.807) is 12.3 Å². The minimum absolute atomic E-state index is 0.193. The van der Waals surface area contributed by atoms with E-state index in [9.17, 15) is 4.39 Å². The van der Waals surface area contributed by atoms with Crippen LogP contribution in [0.15, 0.2) is 18.5 Å². The summed E-state index contributed by atoms with van der Waals surface area (Å²) in [5.41, 5.74) is 0.780. The van der Waals surface area contributed by atoms with Crippen LogP contribution in [0.2, 0.25) is 0 Å². The van der Waals surface area contributed by atoms with Gasteiger partial charge in [0, 0.05) is 11.6 Å². The third-order valence-corrected chi connectivity index (χ3v) is 3.73. The van der Waals surface area contributed by atoms with E-state index in [2.05, 4.69) is 11.9 Å². The Morgan fingerprint density at radius 3 is 3.00 bits per heavy atom. The molecule has 0 bridgehead atoms. The smallest absolute Gasteiger partial charge is 0.144 e. The van der Waals surface area contributed by atoms with Crippen LogP contribution < -0.4 is 0 Å². The van der Waals surface area contributed by atoms with Crippen molar-refractivity contribution < 1.29 is 4.39 Å². The molecule has 3 atom stereocenters. The van der Waals surface area contributed by atoms with Crippen molar-refractivity contribution >= 4 is 11.6 Å². The standard InChI is InChI=1S/C12H15ClFN/c1-8-2-3-9(13)6-11(8)10-4-5-15-7-12(10)14/h4-5,7-9,11H,2-3,6H2,1H3. The molecule has 1 aromatic rings. The minimum atomic E-state index is -0.194. The van der Waals surface area contributed by atoms with Gasteiger partial charge in [0.25, 0.3) is 0 Å². The fourth-order valence-corrected chi connectivity index (χ4v) is 2.71. The van der Waals surface area contributed by atoms with Crippen molar-refractivity contribution in [3.8, 4) is 0 Å². The SMILES string of the molecule is CC1CCC(Cl)CC1c1ccncc1F. The first-order valence-electron chi connectivity index (χ1n) is 5.42. The quantitative estimate of drug-likeness (QED) is 0.667. The summed E-state index contributed by atoms with van der Waals surface area (Å²) in [7, 11) is 0. The number of hydrogen-bond donors (Lipinski definition) is 0. The molecule has 3 unspecified atom stereocenters. The van der Waals surface area contributed by atoms with Crippen LogP contribution in [0.3, 0.4) is 0 Å². The van der Waals surface area contributed by atoms with E-state index >= 15 is 0 Å². The van der Waals surface area contributed by atoms with Gasteiger partial charge in [-0.1, -0.05) is 6.92 Å². The summed E-state index contributed by atoms with van der Waals surface area (Å²) < 4.78 is 13.6. The maximum absolute atomic E-state index is 13.6. The van der Waals surface area contributed by atoms with E-state index in [-0.39, 0.29) is 17.1 Å². The average Bonchev–Trinajstić information content (AvgIpc) is 2.23. The third kappa shape index (κ3) is 2.31. The predicted octanol–water partition coefficient (Wildman–Crippen LogP) is 3.73. The number of pyridine rings is 1. The van der Waals surface area contributed by atoms with Gasteiger partial charge in [-0.3, -0.25) is 4.98 Å². The molecule has 0 amide bonds. The Hall–Kier alpha value is -0.630. The summed E-state index contributed by atoms with van der Waals surface area (Å²) in [6.07, 6.45) is 5.96. The van der Waals surface area contributed by atoms with Crippen molar-refractivity contribution in [2.45, 2.75) is 37.5 Å². The van der Waals surface area contributed by atoms with Crippen LogP contribution in [0.25, 0.3) is 0 Å². The molecule has 0 aliphatic heterocycles. The van der Waals surface area contributed by atoms with Crippen LogP contribution >= 0.6 is 11.6 Å². The van der Waals surface area contributed by atoms with Crippen LogP contribution in [-0.4, -0.2) is 10.4 Å². The van der Waals surface area contributed by atoms with E-state index in [1.165, 1.54) is 6.20 Å². The second-order valence-corrected chi connectivity index (χ2v) is 5.01. The Kier molecular flexibility index (Phi) is 3.25. The zero-order valence-electron chi connectivity index (χ0n) is 8.79.